The zero-order valence-electron chi connectivity index (χ0n) is 13.4. The molecule has 22 heavy (non-hydrogen) atoms. The molecule has 3 rings (SSSR count). The van der Waals surface area contributed by atoms with E-state index in [2.05, 4.69) is 10.2 Å². The highest BCUT2D eigenvalue weighted by Gasteiger charge is 2.45. The second-order valence-electron chi connectivity index (χ2n) is 6.62. The third kappa shape index (κ3) is 2.29. The first kappa shape index (κ1) is 15.0. The molecule has 1 aromatic rings. The Bertz CT molecular complexity index is 606. The van der Waals surface area contributed by atoms with Gasteiger partial charge in [-0.2, -0.15) is 0 Å². The van der Waals surface area contributed by atoms with Gasteiger partial charge >= 0.3 is 0 Å². The van der Waals surface area contributed by atoms with Crippen LogP contribution in [0, 0.1) is 0 Å². The van der Waals surface area contributed by atoms with E-state index in [9.17, 15) is 9.59 Å². The molecular formula is C17H23N3O2. The molecule has 2 aliphatic rings. The Kier molecular flexibility index (Phi) is 3.68. The van der Waals surface area contributed by atoms with Gasteiger partial charge in [0.15, 0.2) is 0 Å². The van der Waals surface area contributed by atoms with Gasteiger partial charge in [-0.1, -0.05) is 12.1 Å². The lowest BCUT2D eigenvalue weighted by Crippen LogP contribution is -2.61. The van der Waals surface area contributed by atoms with E-state index >= 15 is 0 Å². The quantitative estimate of drug-likeness (QED) is 0.911. The SMILES string of the molecule is C[C@@H](C(=O)N1c2ccccc2NC(=O)C1(C)C)N1CCCC1. The van der Waals surface area contributed by atoms with E-state index in [1.54, 1.807) is 18.7 Å². The molecule has 0 aliphatic carbocycles. The van der Waals surface area contributed by atoms with Crippen LogP contribution in [0.3, 0.4) is 0 Å². The monoisotopic (exact) mass is 301 g/mol. The number of likely N-dealkylation sites (tertiary alicyclic amines) is 1. The van der Waals surface area contributed by atoms with Gasteiger partial charge in [0.25, 0.3) is 0 Å². The summed E-state index contributed by atoms with van der Waals surface area (Å²) in [4.78, 5) is 29.4. The molecular weight excluding hydrogens is 278 g/mol. The molecule has 1 saturated heterocycles. The highest BCUT2D eigenvalue weighted by Crippen LogP contribution is 2.37. The van der Waals surface area contributed by atoms with Gasteiger partial charge in [0.05, 0.1) is 17.4 Å². The van der Waals surface area contributed by atoms with Crippen molar-refractivity contribution in [3.05, 3.63) is 24.3 Å². The number of carbonyl (C=O) groups is 2. The largest absolute Gasteiger partial charge is 0.322 e. The Morgan fingerprint density at radius 1 is 1.23 bits per heavy atom. The molecule has 2 aliphatic heterocycles. The number of nitrogens with one attached hydrogen (secondary N) is 1. The molecule has 1 aromatic carbocycles. The third-order valence-electron chi connectivity index (χ3n) is 4.77. The van der Waals surface area contributed by atoms with Crippen LogP contribution in [0.5, 0.6) is 0 Å². The zero-order valence-corrected chi connectivity index (χ0v) is 13.4. The molecule has 0 radical (unpaired) electrons. The fraction of sp³-hybridized carbons (Fsp3) is 0.529. The van der Waals surface area contributed by atoms with E-state index < -0.39 is 5.54 Å². The van der Waals surface area contributed by atoms with Gasteiger partial charge in [-0.3, -0.25) is 19.4 Å². The van der Waals surface area contributed by atoms with Gasteiger partial charge < -0.3 is 5.32 Å². The van der Waals surface area contributed by atoms with Crippen LogP contribution in [0.25, 0.3) is 0 Å². The van der Waals surface area contributed by atoms with Crippen molar-refractivity contribution in [2.45, 2.75) is 45.2 Å². The van der Waals surface area contributed by atoms with Crippen LogP contribution in [0.1, 0.15) is 33.6 Å². The van der Waals surface area contributed by atoms with Crippen molar-refractivity contribution in [2.75, 3.05) is 23.3 Å². The second kappa shape index (κ2) is 5.39. The lowest BCUT2D eigenvalue weighted by molar-refractivity contribution is -0.129. The molecule has 0 spiro atoms. The number of benzene rings is 1. The minimum Gasteiger partial charge on any atom is -0.322 e. The normalized spacial score (nSPS) is 22.1. The van der Waals surface area contributed by atoms with Gasteiger partial charge in [-0.05, 0) is 58.8 Å². The molecule has 0 saturated carbocycles. The number of hydrogen-bond donors (Lipinski definition) is 1. The number of amides is 2. The van der Waals surface area contributed by atoms with Gasteiger partial charge in [0.1, 0.15) is 5.54 Å². The third-order valence-corrected chi connectivity index (χ3v) is 4.77. The summed E-state index contributed by atoms with van der Waals surface area (Å²) in [6.07, 6.45) is 2.27. The molecule has 5 nitrogen and oxygen atoms in total. The van der Waals surface area contributed by atoms with Crippen molar-refractivity contribution in [3.63, 3.8) is 0 Å². The van der Waals surface area contributed by atoms with Crippen molar-refractivity contribution in [2.24, 2.45) is 0 Å². The summed E-state index contributed by atoms with van der Waals surface area (Å²) >= 11 is 0. The summed E-state index contributed by atoms with van der Waals surface area (Å²) in [5.74, 6) is -0.151. The maximum absolute atomic E-state index is 13.1. The second-order valence-corrected chi connectivity index (χ2v) is 6.62. The number of carbonyl (C=O) groups excluding carboxylic acids is 2. The smallest absolute Gasteiger partial charge is 0.250 e. The Balaban J connectivity index is 1.99. The molecule has 1 atom stereocenters. The van der Waals surface area contributed by atoms with Crippen LogP contribution in [-0.4, -0.2) is 41.4 Å². The van der Waals surface area contributed by atoms with Crippen LogP contribution < -0.4 is 10.2 Å². The lowest BCUT2D eigenvalue weighted by atomic mass is 9.95. The Morgan fingerprint density at radius 3 is 2.55 bits per heavy atom. The Hall–Kier alpha value is -1.88. The van der Waals surface area contributed by atoms with Crippen LogP contribution >= 0.6 is 0 Å². The molecule has 2 heterocycles. The average Bonchev–Trinajstić information content (AvgIpc) is 3.01. The zero-order chi connectivity index (χ0) is 15.9. The predicted octanol–water partition coefficient (Wildman–Crippen LogP) is 2.23. The van der Waals surface area contributed by atoms with E-state index in [0.717, 1.165) is 31.6 Å². The number of fused-ring (bicyclic) bond motifs is 1. The first-order chi connectivity index (χ1) is 10.4. The van der Waals surface area contributed by atoms with Crippen molar-refractivity contribution in [1.29, 1.82) is 0 Å². The summed E-state index contributed by atoms with van der Waals surface area (Å²) in [6, 6.07) is 7.28. The molecule has 0 unspecified atom stereocenters. The molecule has 1 N–H and O–H groups in total. The Morgan fingerprint density at radius 2 is 1.86 bits per heavy atom. The summed E-state index contributed by atoms with van der Waals surface area (Å²) in [5, 5.41) is 2.90. The van der Waals surface area contributed by atoms with Crippen molar-refractivity contribution in [3.8, 4) is 0 Å². The number of nitrogens with zero attached hydrogens (tertiary/aromatic N) is 2. The van der Waals surface area contributed by atoms with Crippen molar-refractivity contribution < 1.29 is 9.59 Å². The fourth-order valence-electron chi connectivity index (χ4n) is 3.32. The topological polar surface area (TPSA) is 52.7 Å². The van der Waals surface area contributed by atoms with E-state index in [0.29, 0.717) is 5.69 Å². The predicted molar refractivity (Wildman–Crippen MR) is 86.9 cm³/mol. The van der Waals surface area contributed by atoms with Gasteiger partial charge in [-0.25, -0.2) is 0 Å². The summed E-state index contributed by atoms with van der Waals surface area (Å²) in [7, 11) is 0. The van der Waals surface area contributed by atoms with Crippen LogP contribution in [0.15, 0.2) is 24.3 Å². The fourth-order valence-corrected chi connectivity index (χ4v) is 3.32. The van der Waals surface area contributed by atoms with Crippen molar-refractivity contribution >= 4 is 23.2 Å². The standard InChI is InChI=1S/C17H23N3O2/c1-12(19-10-6-7-11-19)15(21)20-14-9-5-4-8-13(14)18-16(22)17(20,2)3/h4-5,8-9,12H,6-7,10-11H2,1-3H3,(H,18,22)/t12-/m0/s1. The van der Waals surface area contributed by atoms with Gasteiger partial charge in [0.2, 0.25) is 11.8 Å². The Labute approximate surface area is 131 Å². The maximum atomic E-state index is 13.1. The van der Waals surface area contributed by atoms with Crippen molar-refractivity contribution in [1.82, 2.24) is 4.90 Å². The minimum absolute atomic E-state index is 0.00537. The first-order valence-corrected chi connectivity index (χ1v) is 7.91. The van der Waals surface area contributed by atoms with E-state index in [1.807, 2.05) is 31.2 Å². The molecule has 2 amide bonds. The first-order valence-electron chi connectivity index (χ1n) is 7.91. The van der Waals surface area contributed by atoms with E-state index in [4.69, 9.17) is 0 Å². The molecule has 0 aromatic heterocycles. The summed E-state index contributed by atoms with van der Waals surface area (Å²) < 4.78 is 0. The van der Waals surface area contributed by atoms with E-state index in [1.165, 1.54) is 0 Å². The molecule has 5 heteroatoms. The minimum atomic E-state index is -0.889. The van der Waals surface area contributed by atoms with Crippen LogP contribution in [0.2, 0.25) is 0 Å². The molecule has 1 fully saturated rings. The maximum Gasteiger partial charge on any atom is 0.250 e. The number of hydrogen-bond acceptors (Lipinski definition) is 3. The summed E-state index contributed by atoms with van der Waals surface area (Å²) in [5.41, 5.74) is 0.594. The highest BCUT2D eigenvalue weighted by molar-refractivity contribution is 6.15. The van der Waals surface area contributed by atoms with Gasteiger partial charge in [-0.15, -0.1) is 0 Å². The lowest BCUT2D eigenvalue weighted by Gasteiger charge is -2.44. The van der Waals surface area contributed by atoms with Gasteiger partial charge in [0, 0.05) is 0 Å². The summed E-state index contributed by atoms with van der Waals surface area (Å²) in [6.45, 7) is 7.45. The molecule has 118 valence electrons. The number of para-hydroxylation sites is 2. The molecule has 0 bridgehead atoms. The average molecular weight is 301 g/mol. The van der Waals surface area contributed by atoms with Crippen LogP contribution in [-0.2, 0) is 9.59 Å². The number of anilines is 2. The van der Waals surface area contributed by atoms with E-state index in [-0.39, 0.29) is 17.9 Å². The highest BCUT2D eigenvalue weighted by atomic mass is 16.2. The number of rotatable bonds is 2. The van der Waals surface area contributed by atoms with Crippen LogP contribution in [0.4, 0.5) is 11.4 Å².